The summed E-state index contributed by atoms with van der Waals surface area (Å²) in [6, 6.07) is 10.7. The molecule has 0 radical (unpaired) electrons. The quantitative estimate of drug-likeness (QED) is 0.630. The van der Waals surface area contributed by atoms with Crippen molar-refractivity contribution in [3.8, 4) is 10.4 Å². The van der Waals surface area contributed by atoms with Crippen LogP contribution in [0.2, 0.25) is 0 Å². The molecule has 0 bridgehead atoms. The normalized spacial score (nSPS) is 23.8. The highest BCUT2D eigenvalue weighted by atomic mass is 32.1. The highest BCUT2D eigenvalue weighted by molar-refractivity contribution is 7.15. The minimum atomic E-state index is -0.237. The largest absolute Gasteiger partial charge is 0.339 e. The molecule has 1 aliphatic carbocycles. The SMILES string of the molecule is O=C(CN1C(=O)C2CCCCC2C1=O)N1CCN(Cc2ccc(-c3cccc(F)c3)s2)CC1. The van der Waals surface area contributed by atoms with Crippen LogP contribution in [-0.4, -0.2) is 65.1 Å². The van der Waals surface area contributed by atoms with Gasteiger partial charge in [0, 0.05) is 42.5 Å². The van der Waals surface area contributed by atoms with Crippen molar-refractivity contribution in [2.24, 2.45) is 11.8 Å². The molecule has 3 amide bonds. The number of amides is 3. The summed E-state index contributed by atoms with van der Waals surface area (Å²) < 4.78 is 13.5. The number of carbonyl (C=O) groups excluding carboxylic acids is 3. The van der Waals surface area contributed by atoms with Crippen LogP contribution < -0.4 is 0 Å². The van der Waals surface area contributed by atoms with E-state index in [9.17, 15) is 18.8 Å². The van der Waals surface area contributed by atoms with Gasteiger partial charge in [-0.25, -0.2) is 4.39 Å². The van der Waals surface area contributed by atoms with Gasteiger partial charge >= 0.3 is 0 Å². The Balaban J connectivity index is 1.13. The van der Waals surface area contributed by atoms with Gasteiger partial charge in [-0.15, -0.1) is 11.3 Å². The molecule has 1 aromatic heterocycles. The van der Waals surface area contributed by atoms with Gasteiger partial charge in [0.2, 0.25) is 17.7 Å². The summed E-state index contributed by atoms with van der Waals surface area (Å²) in [7, 11) is 0. The first-order valence-corrected chi connectivity index (χ1v) is 12.5. The fourth-order valence-corrected chi connectivity index (χ4v) is 6.30. The summed E-state index contributed by atoms with van der Waals surface area (Å²) in [4.78, 5) is 45.7. The Kier molecular flexibility index (Phi) is 6.29. The maximum Gasteiger partial charge on any atom is 0.242 e. The molecule has 2 aliphatic heterocycles. The van der Waals surface area contributed by atoms with Gasteiger partial charge < -0.3 is 4.90 Å². The van der Waals surface area contributed by atoms with Crippen molar-refractivity contribution in [2.75, 3.05) is 32.7 Å². The minimum absolute atomic E-state index is 0.118. The van der Waals surface area contributed by atoms with Crippen molar-refractivity contribution < 1.29 is 18.8 Å². The Morgan fingerprint density at radius 3 is 2.33 bits per heavy atom. The lowest BCUT2D eigenvalue weighted by molar-refractivity contribution is -0.147. The van der Waals surface area contributed by atoms with E-state index in [0.717, 1.165) is 55.8 Å². The van der Waals surface area contributed by atoms with E-state index in [1.54, 1.807) is 28.4 Å². The average molecular weight is 470 g/mol. The summed E-state index contributed by atoms with van der Waals surface area (Å²) in [6.45, 7) is 3.33. The highest BCUT2D eigenvalue weighted by Gasteiger charge is 2.48. The number of benzene rings is 1. The van der Waals surface area contributed by atoms with Crippen molar-refractivity contribution in [1.29, 1.82) is 0 Å². The number of nitrogens with zero attached hydrogens (tertiary/aromatic N) is 3. The third-order valence-corrected chi connectivity index (χ3v) is 8.22. The standard InChI is InChI=1S/C25H28FN3O3S/c26-18-5-3-4-17(14-18)22-9-8-19(33-22)15-27-10-12-28(13-11-27)23(30)16-29-24(31)20-6-1-2-7-21(20)25(29)32/h3-5,8-9,14,20-21H,1-2,6-7,10-13,15-16H2. The second-order valence-electron chi connectivity index (χ2n) is 9.19. The van der Waals surface area contributed by atoms with E-state index in [-0.39, 0.29) is 41.9 Å². The maximum absolute atomic E-state index is 13.5. The number of thiophene rings is 1. The van der Waals surface area contributed by atoms with Gasteiger partial charge in [0.1, 0.15) is 12.4 Å². The Bertz CT molecular complexity index is 1040. The lowest BCUT2D eigenvalue weighted by atomic mass is 9.81. The smallest absolute Gasteiger partial charge is 0.242 e. The molecule has 3 heterocycles. The van der Waals surface area contributed by atoms with Gasteiger partial charge in [-0.2, -0.15) is 0 Å². The summed E-state index contributed by atoms with van der Waals surface area (Å²) in [6.07, 6.45) is 3.50. The van der Waals surface area contributed by atoms with Gasteiger partial charge in [-0.1, -0.05) is 25.0 Å². The highest BCUT2D eigenvalue weighted by Crippen LogP contribution is 2.38. The van der Waals surface area contributed by atoms with Gasteiger partial charge in [-0.3, -0.25) is 24.2 Å². The Morgan fingerprint density at radius 2 is 1.67 bits per heavy atom. The lowest BCUT2D eigenvalue weighted by Gasteiger charge is -2.35. The lowest BCUT2D eigenvalue weighted by Crippen LogP contribution is -2.51. The number of hydrogen-bond acceptors (Lipinski definition) is 5. The fraction of sp³-hybridized carbons (Fsp3) is 0.480. The second kappa shape index (κ2) is 9.35. The number of piperazine rings is 1. The summed E-state index contributed by atoms with van der Waals surface area (Å²) in [5.41, 5.74) is 0.882. The molecule has 0 N–H and O–H groups in total. The predicted molar refractivity (Wildman–Crippen MR) is 124 cm³/mol. The van der Waals surface area contributed by atoms with E-state index < -0.39 is 0 Å². The number of carbonyl (C=O) groups is 3. The fourth-order valence-electron chi connectivity index (χ4n) is 5.26. The molecular weight excluding hydrogens is 441 g/mol. The summed E-state index contributed by atoms with van der Waals surface area (Å²) in [5.74, 6) is -1.09. The third kappa shape index (κ3) is 4.59. The van der Waals surface area contributed by atoms with Crippen LogP contribution in [0.4, 0.5) is 4.39 Å². The molecule has 3 fully saturated rings. The number of fused-ring (bicyclic) bond motifs is 1. The molecule has 2 saturated heterocycles. The van der Waals surface area contributed by atoms with E-state index in [1.807, 2.05) is 12.1 Å². The zero-order valence-corrected chi connectivity index (χ0v) is 19.4. The molecule has 1 aromatic carbocycles. The number of likely N-dealkylation sites (tertiary alicyclic amines) is 1. The zero-order valence-electron chi connectivity index (χ0n) is 18.5. The maximum atomic E-state index is 13.5. The molecule has 6 nitrogen and oxygen atoms in total. The van der Waals surface area contributed by atoms with E-state index in [4.69, 9.17) is 0 Å². The van der Waals surface area contributed by atoms with E-state index in [0.29, 0.717) is 13.1 Å². The molecule has 2 unspecified atom stereocenters. The molecule has 2 atom stereocenters. The molecule has 2 aromatic rings. The van der Waals surface area contributed by atoms with Crippen molar-refractivity contribution in [1.82, 2.24) is 14.7 Å². The second-order valence-corrected chi connectivity index (χ2v) is 10.4. The molecule has 8 heteroatoms. The first-order chi connectivity index (χ1) is 16.0. The minimum Gasteiger partial charge on any atom is -0.339 e. The molecule has 1 saturated carbocycles. The first kappa shape index (κ1) is 22.2. The molecular formula is C25H28FN3O3S. The first-order valence-electron chi connectivity index (χ1n) is 11.7. The Labute approximate surface area is 197 Å². The van der Waals surface area contributed by atoms with Gasteiger partial charge in [0.05, 0.1) is 11.8 Å². The number of halogens is 1. The molecule has 5 rings (SSSR count). The molecule has 0 spiro atoms. The molecule has 3 aliphatic rings. The monoisotopic (exact) mass is 469 g/mol. The van der Waals surface area contributed by atoms with Crippen molar-refractivity contribution in [3.05, 3.63) is 47.1 Å². The number of hydrogen-bond donors (Lipinski definition) is 0. The average Bonchev–Trinajstić information content (AvgIpc) is 3.39. The van der Waals surface area contributed by atoms with Gasteiger partial charge in [0.25, 0.3) is 0 Å². The molecule has 174 valence electrons. The van der Waals surface area contributed by atoms with Crippen LogP contribution in [0.3, 0.4) is 0 Å². The van der Waals surface area contributed by atoms with Gasteiger partial charge in [0.15, 0.2) is 0 Å². The van der Waals surface area contributed by atoms with Crippen LogP contribution in [0.5, 0.6) is 0 Å². The van der Waals surface area contributed by atoms with Crippen molar-refractivity contribution >= 4 is 29.1 Å². The Hall–Kier alpha value is -2.58. The van der Waals surface area contributed by atoms with E-state index >= 15 is 0 Å². The number of imide groups is 1. The van der Waals surface area contributed by atoms with Crippen molar-refractivity contribution in [2.45, 2.75) is 32.2 Å². The van der Waals surface area contributed by atoms with Crippen LogP contribution in [0.1, 0.15) is 30.6 Å². The van der Waals surface area contributed by atoms with E-state index in [1.165, 1.54) is 15.8 Å². The predicted octanol–water partition coefficient (Wildman–Crippen LogP) is 3.37. The molecule has 33 heavy (non-hydrogen) atoms. The number of rotatable bonds is 5. The van der Waals surface area contributed by atoms with Crippen LogP contribution in [0.15, 0.2) is 36.4 Å². The topological polar surface area (TPSA) is 60.9 Å². The van der Waals surface area contributed by atoms with Crippen molar-refractivity contribution in [3.63, 3.8) is 0 Å². The summed E-state index contributed by atoms with van der Waals surface area (Å²) >= 11 is 1.66. The van der Waals surface area contributed by atoms with Gasteiger partial charge in [-0.05, 0) is 42.7 Å². The van der Waals surface area contributed by atoms with Crippen LogP contribution >= 0.6 is 11.3 Å². The van der Waals surface area contributed by atoms with E-state index in [2.05, 4.69) is 11.0 Å². The zero-order chi connectivity index (χ0) is 22.9. The van der Waals surface area contributed by atoms with Crippen LogP contribution in [0, 0.1) is 17.7 Å². The Morgan fingerprint density at radius 1 is 0.970 bits per heavy atom. The summed E-state index contributed by atoms with van der Waals surface area (Å²) in [5, 5.41) is 0. The van der Waals surface area contributed by atoms with Crippen LogP contribution in [-0.2, 0) is 20.9 Å². The third-order valence-electron chi connectivity index (χ3n) is 7.10. The van der Waals surface area contributed by atoms with Crippen LogP contribution in [0.25, 0.3) is 10.4 Å².